The summed E-state index contributed by atoms with van der Waals surface area (Å²) in [5.74, 6) is -1.51. The van der Waals surface area contributed by atoms with E-state index >= 15 is 4.39 Å². The van der Waals surface area contributed by atoms with E-state index in [9.17, 15) is 28.0 Å². The maximum absolute atomic E-state index is 17.5. The zero-order valence-electron chi connectivity index (χ0n) is 22.8. The minimum Gasteiger partial charge on any atom is -0.366 e. The van der Waals surface area contributed by atoms with E-state index in [4.69, 9.17) is 11.5 Å². The largest absolute Gasteiger partial charge is 0.435 e. The molecule has 5 rings (SSSR count). The number of primary amides is 1. The van der Waals surface area contributed by atoms with E-state index < -0.39 is 46.6 Å². The predicted molar refractivity (Wildman–Crippen MR) is 149 cm³/mol. The number of nitrogens with zero attached hydrogens (tertiary/aromatic N) is 3. The number of nitriles is 1. The third kappa shape index (κ3) is 5.81. The summed E-state index contributed by atoms with van der Waals surface area (Å²) in [6.07, 6.45) is 3.45. The van der Waals surface area contributed by atoms with Gasteiger partial charge in [-0.1, -0.05) is 49.3 Å². The first-order valence-corrected chi connectivity index (χ1v) is 13.6. The van der Waals surface area contributed by atoms with Crippen molar-refractivity contribution in [2.24, 2.45) is 17.4 Å². The number of benzene rings is 2. The molecule has 2 aliphatic rings. The lowest BCUT2D eigenvalue weighted by atomic mass is 9.68. The first kappa shape index (κ1) is 29.7. The smallest absolute Gasteiger partial charge is 0.366 e. The maximum atomic E-state index is 17.5. The fraction of sp³-hybridized carbons (Fsp3) is 0.290. The molecule has 0 bridgehead atoms. The number of aromatic nitrogens is 2. The number of halogens is 4. The van der Waals surface area contributed by atoms with Crippen LogP contribution < -0.4 is 16.8 Å². The van der Waals surface area contributed by atoms with Crippen LogP contribution in [0.2, 0.25) is 0 Å². The second-order valence-electron chi connectivity index (χ2n) is 10.8. The highest BCUT2D eigenvalue weighted by molar-refractivity contribution is 5.95. The summed E-state index contributed by atoms with van der Waals surface area (Å²) in [6.45, 7) is 0. The van der Waals surface area contributed by atoms with Gasteiger partial charge >= 0.3 is 6.18 Å². The number of carbonyl (C=O) groups is 2. The van der Waals surface area contributed by atoms with E-state index in [1.54, 1.807) is 18.2 Å². The minimum absolute atomic E-state index is 0.0146. The van der Waals surface area contributed by atoms with Crippen LogP contribution in [0.25, 0.3) is 5.69 Å². The summed E-state index contributed by atoms with van der Waals surface area (Å²) >= 11 is 0. The lowest BCUT2D eigenvalue weighted by Crippen LogP contribution is -2.64. The van der Waals surface area contributed by atoms with Crippen LogP contribution >= 0.6 is 0 Å². The molecule has 222 valence electrons. The molecule has 3 aromatic rings. The third-order valence-corrected chi connectivity index (χ3v) is 7.93. The fourth-order valence-electron chi connectivity index (χ4n) is 5.34. The van der Waals surface area contributed by atoms with Crippen LogP contribution in [0, 0.1) is 17.2 Å². The van der Waals surface area contributed by atoms with Gasteiger partial charge in [-0.05, 0) is 60.7 Å². The molecule has 3 atom stereocenters. The zero-order valence-corrected chi connectivity index (χ0v) is 22.8. The average Bonchev–Trinajstić information content (AvgIpc) is 3.70. The summed E-state index contributed by atoms with van der Waals surface area (Å²) in [5.41, 5.74) is 6.77. The van der Waals surface area contributed by atoms with E-state index in [1.165, 1.54) is 54.6 Å². The predicted octanol–water partition coefficient (Wildman–Crippen LogP) is 4.84. The number of rotatable bonds is 9. The van der Waals surface area contributed by atoms with Crippen molar-refractivity contribution >= 4 is 11.8 Å². The second kappa shape index (κ2) is 11.1. The molecule has 0 spiro atoms. The van der Waals surface area contributed by atoms with Gasteiger partial charge in [0.25, 0.3) is 5.91 Å². The Morgan fingerprint density at radius 3 is 2.53 bits per heavy atom. The molecule has 1 saturated carbocycles. The van der Waals surface area contributed by atoms with Gasteiger partial charge in [-0.15, -0.1) is 0 Å². The number of allylic oxidation sites excluding steroid dienone is 2. The lowest BCUT2D eigenvalue weighted by molar-refractivity contribution is -0.141. The van der Waals surface area contributed by atoms with Crippen molar-refractivity contribution in [2.45, 2.75) is 49.1 Å². The van der Waals surface area contributed by atoms with Crippen molar-refractivity contribution < 1.29 is 27.2 Å². The van der Waals surface area contributed by atoms with Crippen molar-refractivity contribution in [3.63, 3.8) is 0 Å². The van der Waals surface area contributed by atoms with Gasteiger partial charge in [0.15, 0.2) is 11.4 Å². The van der Waals surface area contributed by atoms with E-state index in [2.05, 4.69) is 10.4 Å². The van der Waals surface area contributed by atoms with Gasteiger partial charge in [-0.25, -0.2) is 9.07 Å². The lowest BCUT2D eigenvalue weighted by Gasteiger charge is -2.46. The first-order valence-electron chi connectivity index (χ1n) is 13.6. The van der Waals surface area contributed by atoms with Crippen LogP contribution in [-0.2, 0) is 11.7 Å². The molecule has 3 unspecified atom stereocenters. The highest BCUT2D eigenvalue weighted by atomic mass is 19.4. The van der Waals surface area contributed by atoms with Gasteiger partial charge in [-0.2, -0.15) is 23.5 Å². The monoisotopic (exact) mass is 592 g/mol. The number of carbonyl (C=O) groups excluding carboxylic acids is 2. The SMILES string of the molecule is N#Cc1cccc(C(N)(CCC2CC2)C2(F)C=CC=CC2NC(=O)c2cc(C(F)(F)F)nn2-c2cccc(C(N)=O)c2)c1. The van der Waals surface area contributed by atoms with Gasteiger partial charge < -0.3 is 16.8 Å². The molecule has 0 aliphatic heterocycles. The Morgan fingerprint density at radius 1 is 1.12 bits per heavy atom. The quantitative estimate of drug-likeness (QED) is 0.305. The highest BCUT2D eigenvalue weighted by Gasteiger charge is 2.55. The van der Waals surface area contributed by atoms with Gasteiger partial charge in [0.05, 0.1) is 28.9 Å². The molecular weight excluding hydrogens is 564 g/mol. The van der Waals surface area contributed by atoms with Crippen LogP contribution in [-0.4, -0.2) is 33.3 Å². The van der Waals surface area contributed by atoms with Gasteiger partial charge in [-0.3, -0.25) is 9.59 Å². The summed E-state index contributed by atoms with van der Waals surface area (Å²) in [5, 5.41) is 15.6. The molecule has 43 heavy (non-hydrogen) atoms. The fourth-order valence-corrected chi connectivity index (χ4v) is 5.34. The van der Waals surface area contributed by atoms with Crippen LogP contribution in [0.5, 0.6) is 0 Å². The molecule has 1 fully saturated rings. The number of nitrogens with two attached hydrogens (primary N) is 2. The van der Waals surface area contributed by atoms with Crippen LogP contribution in [0.15, 0.2) is 78.9 Å². The summed E-state index contributed by atoms with van der Waals surface area (Å²) < 4.78 is 59.4. The number of amides is 2. The highest BCUT2D eigenvalue weighted by Crippen LogP contribution is 2.46. The van der Waals surface area contributed by atoms with E-state index in [1.807, 2.05) is 6.07 Å². The van der Waals surface area contributed by atoms with Gasteiger partial charge in [0.1, 0.15) is 5.69 Å². The second-order valence-corrected chi connectivity index (χ2v) is 10.8. The van der Waals surface area contributed by atoms with Gasteiger partial charge in [0, 0.05) is 11.6 Å². The van der Waals surface area contributed by atoms with Gasteiger partial charge in [0.2, 0.25) is 5.91 Å². The maximum Gasteiger partial charge on any atom is 0.435 e. The van der Waals surface area contributed by atoms with E-state index in [0.717, 1.165) is 17.5 Å². The van der Waals surface area contributed by atoms with Crippen molar-refractivity contribution in [2.75, 3.05) is 0 Å². The molecule has 2 amide bonds. The summed E-state index contributed by atoms with van der Waals surface area (Å²) in [6, 6.07) is 12.8. The molecule has 2 aromatic carbocycles. The number of hydrogen-bond acceptors (Lipinski definition) is 5. The molecule has 0 radical (unpaired) electrons. The van der Waals surface area contributed by atoms with Crippen LogP contribution in [0.3, 0.4) is 0 Å². The number of alkyl halides is 4. The van der Waals surface area contributed by atoms with Crippen molar-refractivity contribution in [1.82, 2.24) is 15.1 Å². The molecule has 12 heteroatoms. The average molecular weight is 593 g/mol. The standard InChI is InChI=1S/C31H28F4N6O2/c32-29(30(38,14-12-19-10-11-19)22-7-3-5-20(15-22)18-36)13-2-1-9-25(29)39-28(43)24-17-26(31(33,34)35)40-41(24)23-8-4-6-21(16-23)27(37)42/h1-9,13,15-17,19,25H,10-12,14,38H2,(H2,37,42)(H,39,43). The van der Waals surface area contributed by atoms with Crippen LogP contribution in [0.1, 0.15) is 63.4 Å². The molecule has 2 aliphatic carbocycles. The Bertz CT molecular complexity index is 1670. The van der Waals surface area contributed by atoms with E-state index in [0.29, 0.717) is 24.0 Å². The molecule has 0 saturated heterocycles. The first-order chi connectivity index (χ1) is 20.4. The molecular formula is C31H28F4N6O2. The molecule has 1 heterocycles. The molecule has 1 aromatic heterocycles. The third-order valence-electron chi connectivity index (χ3n) is 7.93. The number of nitrogens with one attached hydrogen (secondary N) is 1. The Balaban J connectivity index is 1.55. The molecule has 5 N–H and O–H groups in total. The molecule has 8 nitrogen and oxygen atoms in total. The Hall–Kier alpha value is -4.76. The topological polar surface area (TPSA) is 140 Å². The summed E-state index contributed by atoms with van der Waals surface area (Å²) in [7, 11) is 0. The van der Waals surface area contributed by atoms with Crippen molar-refractivity contribution in [3.05, 3.63) is 107 Å². The Kier molecular flexibility index (Phi) is 7.70. The van der Waals surface area contributed by atoms with Crippen LogP contribution in [0.4, 0.5) is 17.6 Å². The Morgan fingerprint density at radius 2 is 1.86 bits per heavy atom. The zero-order chi connectivity index (χ0) is 31.0. The normalized spacial score (nSPS) is 21.2. The summed E-state index contributed by atoms with van der Waals surface area (Å²) in [4.78, 5) is 25.4. The van der Waals surface area contributed by atoms with E-state index in [-0.39, 0.29) is 23.2 Å². The number of hydrogen-bond donors (Lipinski definition) is 3. The van der Waals surface area contributed by atoms with Crippen molar-refractivity contribution in [1.29, 1.82) is 5.26 Å². The minimum atomic E-state index is -4.90. The van der Waals surface area contributed by atoms with Crippen molar-refractivity contribution in [3.8, 4) is 11.8 Å². The Labute approximate surface area is 244 Å².